The molecule has 1 amide bonds. The van der Waals surface area contributed by atoms with Crippen LogP contribution in [-0.2, 0) is 30.4 Å². The maximum atomic E-state index is 12.6. The highest BCUT2D eigenvalue weighted by Crippen LogP contribution is 2.18. The number of alkyl carbamates (subject to hydrolysis) is 1. The number of ether oxygens (including phenoxy) is 3. The number of methoxy groups -OCH3 is 1. The van der Waals surface area contributed by atoms with Crippen LogP contribution in [-0.4, -0.2) is 36.8 Å². The summed E-state index contributed by atoms with van der Waals surface area (Å²) in [4.78, 5) is 36.8. The van der Waals surface area contributed by atoms with E-state index in [-0.39, 0.29) is 25.9 Å². The molecule has 8 heteroatoms. The van der Waals surface area contributed by atoms with Gasteiger partial charge in [0.15, 0.2) is 0 Å². The van der Waals surface area contributed by atoms with E-state index in [4.69, 9.17) is 19.5 Å². The molecule has 0 aliphatic heterocycles. The number of hydrogen-bond acceptors (Lipinski definition) is 7. The number of esters is 2. The molecule has 1 N–H and O–H groups in total. The molecule has 0 fully saturated rings. The minimum absolute atomic E-state index is 0.0211. The van der Waals surface area contributed by atoms with Gasteiger partial charge in [-0.25, -0.2) is 9.59 Å². The molecule has 8 nitrogen and oxygen atoms in total. The molecule has 0 saturated heterocycles. The van der Waals surface area contributed by atoms with Crippen molar-refractivity contribution < 1.29 is 28.6 Å². The van der Waals surface area contributed by atoms with Crippen LogP contribution in [0, 0.1) is 17.2 Å². The zero-order valence-corrected chi connectivity index (χ0v) is 17.3. The highest BCUT2D eigenvalue weighted by Gasteiger charge is 2.31. The number of nitrogens with zero attached hydrogens (tertiary/aromatic N) is 1. The van der Waals surface area contributed by atoms with Gasteiger partial charge in [-0.05, 0) is 39.2 Å². The summed E-state index contributed by atoms with van der Waals surface area (Å²) in [5.74, 6) is -2.01. The zero-order valence-electron chi connectivity index (χ0n) is 17.3. The molecule has 158 valence electrons. The quantitative estimate of drug-likeness (QED) is 0.497. The monoisotopic (exact) mass is 404 g/mol. The lowest BCUT2D eigenvalue weighted by molar-refractivity contribution is -0.150. The van der Waals surface area contributed by atoms with Crippen LogP contribution in [0.15, 0.2) is 30.3 Å². The van der Waals surface area contributed by atoms with Gasteiger partial charge >= 0.3 is 18.0 Å². The molecule has 0 saturated carbocycles. The molecule has 2 atom stereocenters. The molecule has 0 aliphatic rings. The van der Waals surface area contributed by atoms with Crippen LogP contribution in [0.2, 0.25) is 0 Å². The summed E-state index contributed by atoms with van der Waals surface area (Å²) in [7, 11) is 1.23. The fourth-order valence-electron chi connectivity index (χ4n) is 2.52. The molecule has 0 radical (unpaired) electrons. The molecule has 1 aromatic carbocycles. The summed E-state index contributed by atoms with van der Waals surface area (Å²) in [6.07, 6.45) is -0.566. The third-order valence-corrected chi connectivity index (χ3v) is 3.86. The van der Waals surface area contributed by atoms with Crippen LogP contribution < -0.4 is 5.32 Å². The van der Waals surface area contributed by atoms with Gasteiger partial charge in [-0.1, -0.05) is 30.3 Å². The van der Waals surface area contributed by atoms with Crippen molar-refractivity contribution in [3.8, 4) is 6.07 Å². The molecule has 0 heterocycles. The number of rotatable bonds is 9. The number of hydrogen-bond donors (Lipinski definition) is 1. The van der Waals surface area contributed by atoms with Gasteiger partial charge in [-0.3, -0.25) is 4.79 Å². The van der Waals surface area contributed by atoms with Gasteiger partial charge < -0.3 is 19.5 Å². The van der Waals surface area contributed by atoms with Gasteiger partial charge in [0.1, 0.15) is 18.2 Å². The fourth-order valence-corrected chi connectivity index (χ4v) is 2.52. The number of amides is 1. The van der Waals surface area contributed by atoms with E-state index in [1.165, 1.54) is 7.11 Å². The molecule has 29 heavy (non-hydrogen) atoms. The van der Waals surface area contributed by atoms with Crippen molar-refractivity contribution >= 4 is 18.0 Å². The lowest BCUT2D eigenvalue weighted by Crippen LogP contribution is -2.46. The molecule has 1 rings (SSSR count). The highest BCUT2D eigenvalue weighted by molar-refractivity contribution is 5.82. The minimum Gasteiger partial charge on any atom is -0.469 e. The zero-order chi connectivity index (χ0) is 21.9. The first-order valence-corrected chi connectivity index (χ1v) is 9.31. The van der Waals surface area contributed by atoms with Crippen molar-refractivity contribution in [1.29, 1.82) is 5.26 Å². The van der Waals surface area contributed by atoms with Gasteiger partial charge in [0.05, 0.1) is 19.1 Å². The fraction of sp³-hybridized carbons (Fsp3) is 0.524. The Bertz CT molecular complexity index is 721. The number of benzene rings is 1. The second-order valence-corrected chi connectivity index (χ2v) is 7.44. The first kappa shape index (κ1) is 24.0. The lowest BCUT2D eigenvalue weighted by Gasteiger charge is -2.24. The molecule has 0 bridgehead atoms. The molecule has 0 unspecified atom stereocenters. The normalized spacial score (nSPS) is 12.8. The SMILES string of the molecule is COC(=O)[C@@H](CCC#N)C[C@H](NC(=O)OC(C)(C)C)C(=O)OCc1ccccc1. The van der Waals surface area contributed by atoms with E-state index in [2.05, 4.69) is 5.32 Å². The maximum absolute atomic E-state index is 12.6. The topological polar surface area (TPSA) is 115 Å². The van der Waals surface area contributed by atoms with Crippen LogP contribution in [0.5, 0.6) is 0 Å². The van der Waals surface area contributed by atoms with E-state index < -0.39 is 35.6 Å². The summed E-state index contributed by atoms with van der Waals surface area (Å²) in [6, 6.07) is 9.90. The summed E-state index contributed by atoms with van der Waals surface area (Å²) >= 11 is 0. The Labute approximate surface area is 171 Å². The standard InChI is InChI=1S/C21H28N2O6/c1-21(2,3)29-20(26)23-17(13-16(11-8-12-22)18(24)27-4)19(25)28-14-15-9-6-5-7-10-15/h5-7,9-10,16-17H,8,11,13-14H2,1-4H3,(H,23,26)/t16-,17-/m0/s1. The van der Waals surface area contributed by atoms with Crippen molar-refractivity contribution in [2.75, 3.05) is 7.11 Å². The van der Waals surface area contributed by atoms with E-state index in [0.717, 1.165) is 5.56 Å². The second kappa shape index (κ2) is 11.7. The smallest absolute Gasteiger partial charge is 0.408 e. The average Bonchev–Trinajstić information content (AvgIpc) is 2.67. The molecule has 0 aliphatic carbocycles. The molecule has 0 spiro atoms. The third kappa shape index (κ3) is 9.60. The van der Waals surface area contributed by atoms with Crippen LogP contribution in [0.3, 0.4) is 0 Å². The van der Waals surface area contributed by atoms with Crippen LogP contribution in [0.25, 0.3) is 0 Å². The summed E-state index contributed by atoms with van der Waals surface area (Å²) in [6.45, 7) is 5.10. The second-order valence-electron chi connectivity index (χ2n) is 7.44. The van der Waals surface area contributed by atoms with Gasteiger partial charge in [-0.2, -0.15) is 5.26 Å². The van der Waals surface area contributed by atoms with Gasteiger partial charge in [0.2, 0.25) is 0 Å². The molecule has 0 aromatic heterocycles. The van der Waals surface area contributed by atoms with Gasteiger partial charge in [0, 0.05) is 6.42 Å². The Morgan fingerprint density at radius 2 is 1.79 bits per heavy atom. The molecule has 1 aromatic rings. The van der Waals surface area contributed by atoms with Crippen LogP contribution >= 0.6 is 0 Å². The number of nitriles is 1. The molecular weight excluding hydrogens is 376 g/mol. The lowest BCUT2D eigenvalue weighted by atomic mass is 9.95. The van der Waals surface area contributed by atoms with Crippen molar-refractivity contribution in [2.24, 2.45) is 5.92 Å². The Morgan fingerprint density at radius 3 is 2.34 bits per heavy atom. The molecular formula is C21H28N2O6. The largest absolute Gasteiger partial charge is 0.469 e. The van der Waals surface area contributed by atoms with Crippen LogP contribution in [0.4, 0.5) is 4.79 Å². The Balaban J connectivity index is 2.90. The van der Waals surface area contributed by atoms with E-state index in [9.17, 15) is 14.4 Å². The number of carbonyl (C=O) groups excluding carboxylic acids is 3. The van der Waals surface area contributed by atoms with Crippen molar-refractivity contribution in [3.63, 3.8) is 0 Å². The summed E-state index contributed by atoms with van der Waals surface area (Å²) in [5.41, 5.74) is 0.0244. The first-order chi connectivity index (χ1) is 13.7. The van der Waals surface area contributed by atoms with Gasteiger partial charge in [-0.15, -0.1) is 0 Å². The predicted molar refractivity (Wildman–Crippen MR) is 104 cm³/mol. The van der Waals surface area contributed by atoms with Crippen molar-refractivity contribution in [2.45, 2.75) is 58.3 Å². The highest BCUT2D eigenvalue weighted by atomic mass is 16.6. The van der Waals surface area contributed by atoms with Crippen molar-refractivity contribution in [3.05, 3.63) is 35.9 Å². The Kier molecular flexibility index (Phi) is 9.66. The first-order valence-electron chi connectivity index (χ1n) is 9.31. The summed E-state index contributed by atoms with van der Waals surface area (Å²) in [5, 5.41) is 11.3. The summed E-state index contributed by atoms with van der Waals surface area (Å²) < 4.78 is 15.3. The maximum Gasteiger partial charge on any atom is 0.408 e. The van der Waals surface area contributed by atoms with E-state index >= 15 is 0 Å². The minimum atomic E-state index is -1.13. The van der Waals surface area contributed by atoms with E-state index in [1.807, 2.05) is 24.3 Å². The number of nitrogens with one attached hydrogen (secondary N) is 1. The Morgan fingerprint density at radius 1 is 1.14 bits per heavy atom. The van der Waals surface area contributed by atoms with Gasteiger partial charge in [0.25, 0.3) is 0 Å². The third-order valence-electron chi connectivity index (χ3n) is 3.86. The average molecular weight is 404 g/mol. The predicted octanol–water partition coefficient (Wildman–Crippen LogP) is 3.11. The van der Waals surface area contributed by atoms with E-state index in [1.54, 1.807) is 32.9 Å². The van der Waals surface area contributed by atoms with E-state index in [0.29, 0.717) is 0 Å². The van der Waals surface area contributed by atoms with Crippen LogP contribution in [0.1, 0.15) is 45.6 Å². The number of carbonyl (C=O) groups is 3. The Hall–Kier alpha value is -3.08. The van der Waals surface area contributed by atoms with Crippen molar-refractivity contribution in [1.82, 2.24) is 5.32 Å².